The van der Waals surface area contributed by atoms with Gasteiger partial charge in [0.15, 0.2) is 0 Å². The van der Waals surface area contributed by atoms with E-state index in [-0.39, 0.29) is 18.3 Å². The van der Waals surface area contributed by atoms with E-state index in [1.165, 1.54) is 25.4 Å². The number of morpholine rings is 1. The molecule has 0 atom stereocenters. The summed E-state index contributed by atoms with van der Waals surface area (Å²) in [5.74, 6) is 0.509. The second-order valence-corrected chi connectivity index (χ2v) is 10.2. The van der Waals surface area contributed by atoms with Crippen LogP contribution in [0.2, 0.25) is 0 Å². The molecule has 0 saturated carbocycles. The van der Waals surface area contributed by atoms with E-state index in [2.05, 4.69) is 29.1 Å². The number of likely N-dealkylation sites (N-methyl/N-ethyl adjacent to an activating group) is 1. The lowest BCUT2D eigenvalue weighted by atomic mass is 10.1. The highest BCUT2D eigenvalue weighted by Gasteiger charge is 2.16. The lowest BCUT2D eigenvalue weighted by Crippen LogP contribution is -2.35. The van der Waals surface area contributed by atoms with Gasteiger partial charge in [0.05, 0.1) is 23.8 Å². The van der Waals surface area contributed by atoms with Gasteiger partial charge in [0.2, 0.25) is 5.91 Å². The summed E-state index contributed by atoms with van der Waals surface area (Å²) in [4.78, 5) is 22.3. The van der Waals surface area contributed by atoms with E-state index in [4.69, 9.17) is 10.5 Å². The van der Waals surface area contributed by atoms with E-state index in [0.29, 0.717) is 12.4 Å². The molecular weight excluding hydrogens is 464 g/mol. The largest absolute Gasteiger partial charge is 0.383 e. The molecule has 4 heterocycles. The van der Waals surface area contributed by atoms with Crippen molar-refractivity contribution in [3.05, 3.63) is 50.9 Å². The van der Waals surface area contributed by atoms with Crippen LogP contribution >= 0.6 is 35.1 Å². The molecule has 172 valence electrons. The molecule has 3 aromatic heterocycles. The molecule has 4 rings (SSSR count). The van der Waals surface area contributed by atoms with Crippen molar-refractivity contribution in [2.45, 2.75) is 26.9 Å². The smallest absolute Gasteiger partial charge is 0.246 e. The molecule has 1 aliphatic rings. The first-order chi connectivity index (χ1) is 14.9. The summed E-state index contributed by atoms with van der Waals surface area (Å²) in [5.41, 5.74) is 10.5. The van der Waals surface area contributed by atoms with Crippen molar-refractivity contribution in [1.82, 2.24) is 14.8 Å². The molecule has 6 nitrogen and oxygen atoms in total. The van der Waals surface area contributed by atoms with Gasteiger partial charge in [-0.25, -0.2) is 4.98 Å². The molecule has 0 aliphatic carbocycles. The summed E-state index contributed by atoms with van der Waals surface area (Å²) in [6.07, 6.45) is 5.14. The summed E-state index contributed by atoms with van der Waals surface area (Å²) >= 11 is 3.57. The van der Waals surface area contributed by atoms with Gasteiger partial charge in [-0.3, -0.25) is 9.69 Å². The average molecular weight is 493 g/mol. The van der Waals surface area contributed by atoms with Crippen molar-refractivity contribution in [2.75, 3.05) is 39.1 Å². The number of thiophene rings is 2. The fraction of sp³-hybridized carbons (Fsp3) is 0.391. The number of anilines is 1. The number of aromatic nitrogens is 1. The maximum atomic E-state index is 12.7. The Morgan fingerprint density at radius 2 is 2.09 bits per heavy atom. The number of nitrogens with zero attached hydrogens (tertiary/aromatic N) is 3. The number of ether oxygens (including phenoxy) is 1. The Morgan fingerprint density at radius 1 is 1.34 bits per heavy atom. The number of rotatable bonds is 6. The van der Waals surface area contributed by atoms with E-state index in [1.807, 2.05) is 19.2 Å². The van der Waals surface area contributed by atoms with Crippen molar-refractivity contribution < 1.29 is 9.53 Å². The van der Waals surface area contributed by atoms with Crippen molar-refractivity contribution in [1.29, 1.82) is 0 Å². The van der Waals surface area contributed by atoms with Crippen LogP contribution in [0.25, 0.3) is 15.5 Å². The maximum absolute atomic E-state index is 12.7. The molecule has 1 aliphatic heterocycles. The van der Waals surface area contributed by atoms with Crippen LogP contribution in [0.1, 0.15) is 27.1 Å². The van der Waals surface area contributed by atoms with Crippen LogP contribution in [0.15, 0.2) is 23.7 Å². The lowest BCUT2D eigenvalue weighted by Gasteiger charge is -2.26. The predicted octanol–water partition coefficient (Wildman–Crippen LogP) is 4.48. The van der Waals surface area contributed by atoms with Crippen molar-refractivity contribution in [3.63, 3.8) is 0 Å². The second-order valence-electron chi connectivity index (χ2n) is 7.96. The van der Waals surface area contributed by atoms with Crippen molar-refractivity contribution in [3.8, 4) is 0 Å². The van der Waals surface area contributed by atoms with Gasteiger partial charge < -0.3 is 15.4 Å². The maximum Gasteiger partial charge on any atom is 0.246 e. The molecule has 0 bridgehead atoms. The van der Waals surface area contributed by atoms with Gasteiger partial charge in [-0.2, -0.15) is 0 Å². The van der Waals surface area contributed by atoms with Gasteiger partial charge in [-0.1, -0.05) is 0 Å². The molecule has 0 unspecified atom stereocenters. The third kappa shape index (κ3) is 5.50. The third-order valence-electron chi connectivity index (χ3n) is 5.65. The number of carbonyl (C=O) groups is 1. The Labute approximate surface area is 203 Å². The lowest BCUT2D eigenvalue weighted by molar-refractivity contribution is -0.125. The minimum absolute atomic E-state index is 0. The Kier molecular flexibility index (Phi) is 8.30. The minimum Gasteiger partial charge on any atom is -0.383 e. The first kappa shape index (κ1) is 24.7. The number of aryl methyl sites for hydroxylation is 2. The van der Waals surface area contributed by atoms with Crippen molar-refractivity contribution in [2.24, 2.45) is 0 Å². The first-order valence-corrected chi connectivity index (χ1v) is 12.1. The quantitative estimate of drug-likeness (QED) is 0.513. The molecule has 0 aromatic carbocycles. The summed E-state index contributed by atoms with van der Waals surface area (Å²) in [7, 11) is 1.85. The van der Waals surface area contributed by atoms with Gasteiger partial charge >= 0.3 is 0 Å². The highest BCUT2D eigenvalue weighted by atomic mass is 35.5. The number of carbonyl (C=O) groups excluding carboxylic acids is 1. The highest BCUT2D eigenvalue weighted by Crippen LogP contribution is 2.38. The summed E-state index contributed by atoms with van der Waals surface area (Å²) in [5, 5.41) is 3.55. The molecule has 2 N–H and O–H groups in total. The van der Waals surface area contributed by atoms with Crippen LogP contribution < -0.4 is 5.73 Å². The molecule has 1 fully saturated rings. The molecule has 1 saturated heterocycles. The fourth-order valence-electron chi connectivity index (χ4n) is 3.77. The number of hydrogen-bond donors (Lipinski definition) is 1. The zero-order chi connectivity index (χ0) is 22.0. The Bertz CT molecular complexity index is 1120. The monoisotopic (exact) mass is 492 g/mol. The van der Waals surface area contributed by atoms with E-state index in [9.17, 15) is 4.79 Å². The standard InChI is InChI=1S/C23H28N4O2S2.ClH/c1-15-14-30-23-21(15)16(2)19(31-23)13-26(3)20(28)5-4-17-10-18(22(24)25-11-17)12-27-6-8-29-9-7-27;/h4-5,10-11,14H,6-9,12-13H2,1-3H3,(H2,24,25);1H. The van der Waals surface area contributed by atoms with Crippen molar-refractivity contribution >= 4 is 62.3 Å². The SMILES string of the molecule is Cc1csc2sc(CN(C)C(=O)C=Cc3cnc(N)c(CN4CCOCC4)c3)c(C)c12.Cl. The molecule has 0 spiro atoms. The first-order valence-electron chi connectivity index (χ1n) is 10.4. The summed E-state index contributed by atoms with van der Waals surface area (Å²) in [6, 6.07) is 2.02. The second kappa shape index (κ2) is 10.8. The average Bonchev–Trinajstić information content (AvgIpc) is 3.28. The zero-order valence-corrected chi connectivity index (χ0v) is 21.0. The molecule has 9 heteroatoms. The van der Waals surface area contributed by atoms with Gasteiger partial charge in [0, 0.05) is 54.8 Å². The summed E-state index contributed by atoms with van der Waals surface area (Å²) < 4.78 is 6.74. The molecule has 3 aromatic rings. The zero-order valence-electron chi connectivity index (χ0n) is 18.6. The summed E-state index contributed by atoms with van der Waals surface area (Å²) in [6.45, 7) is 8.93. The Hall–Kier alpha value is -1.97. The van der Waals surface area contributed by atoms with Gasteiger partial charge in [0.1, 0.15) is 5.82 Å². The molecule has 1 amide bonds. The van der Waals surface area contributed by atoms with Crippen LogP contribution in [-0.4, -0.2) is 54.0 Å². The number of nitrogen functional groups attached to an aromatic ring is 1. The van der Waals surface area contributed by atoms with E-state index < -0.39 is 0 Å². The number of halogens is 1. The number of nitrogens with two attached hydrogens (primary N) is 1. The third-order valence-corrected chi connectivity index (χ3v) is 8.15. The van der Waals surface area contributed by atoms with Crippen LogP contribution in [-0.2, 0) is 22.6 Å². The predicted molar refractivity (Wildman–Crippen MR) is 137 cm³/mol. The normalized spacial score (nSPS) is 14.7. The molecule has 0 radical (unpaired) electrons. The minimum atomic E-state index is -0.0283. The van der Waals surface area contributed by atoms with E-state index >= 15 is 0 Å². The number of hydrogen-bond acceptors (Lipinski definition) is 7. The Morgan fingerprint density at radius 3 is 2.81 bits per heavy atom. The van der Waals surface area contributed by atoms with Gasteiger partial charge in [-0.15, -0.1) is 35.1 Å². The van der Waals surface area contributed by atoms with Crippen LogP contribution in [0, 0.1) is 13.8 Å². The molecular formula is C23H29ClN4O2S2. The number of pyridine rings is 1. The number of fused-ring (bicyclic) bond motifs is 1. The number of amides is 1. The van der Waals surface area contributed by atoms with E-state index in [1.54, 1.807) is 39.8 Å². The van der Waals surface area contributed by atoms with Crippen LogP contribution in [0.3, 0.4) is 0 Å². The van der Waals surface area contributed by atoms with Gasteiger partial charge in [0.25, 0.3) is 0 Å². The topological polar surface area (TPSA) is 71.7 Å². The highest BCUT2D eigenvalue weighted by molar-refractivity contribution is 7.37. The van der Waals surface area contributed by atoms with Crippen LogP contribution in [0.5, 0.6) is 0 Å². The van der Waals surface area contributed by atoms with E-state index in [0.717, 1.165) is 44.0 Å². The fourth-order valence-corrected chi connectivity index (χ4v) is 6.39. The van der Waals surface area contributed by atoms with Gasteiger partial charge in [-0.05, 0) is 48.1 Å². The Balaban J connectivity index is 0.00000289. The van der Waals surface area contributed by atoms with Crippen LogP contribution in [0.4, 0.5) is 5.82 Å². The molecule has 32 heavy (non-hydrogen) atoms.